The highest BCUT2D eigenvalue weighted by molar-refractivity contribution is 8.01. The van der Waals surface area contributed by atoms with Gasteiger partial charge in [-0.2, -0.15) is 0 Å². The van der Waals surface area contributed by atoms with Gasteiger partial charge in [-0.25, -0.2) is 9.97 Å². The Balaban J connectivity index is 1.41. The molecule has 24 heavy (non-hydrogen) atoms. The fourth-order valence-electron chi connectivity index (χ4n) is 2.36. The molecule has 0 bridgehead atoms. The summed E-state index contributed by atoms with van der Waals surface area (Å²) in [7, 11) is 0. The number of amides is 1. The number of aromatic nitrogens is 2. The number of rotatable bonds is 4. The van der Waals surface area contributed by atoms with Gasteiger partial charge in [0.15, 0.2) is 15.8 Å². The van der Waals surface area contributed by atoms with Crippen LogP contribution in [-0.4, -0.2) is 21.6 Å². The summed E-state index contributed by atoms with van der Waals surface area (Å²) in [5.74, 6) is 0.856. The number of nitrogens with zero attached hydrogens (tertiary/aromatic N) is 2. The number of carbonyl (C=O) groups is 1. The first-order valence-electron chi connectivity index (χ1n) is 7.33. The highest BCUT2D eigenvalue weighted by Crippen LogP contribution is 2.29. The van der Waals surface area contributed by atoms with Gasteiger partial charge in [0.1, 0.15) is 5.52 Å². The molecule has 2 aromatic heterocycles. The van der Waals surface area contributed by atoms with Gasteiger partial charge >= 0.3 is 0 Å². The van der Waals surface area contributed by atoms with E-state index in [1.165, 1.54) is 11.8 Å². The minimum Gasteiger partial charge on any atom is -0.441 e. The summed E-state index contributed by atoms with van der Waals surface area (Å²) >= 11 is 3.04. The van der Waals surface area contributed by atoms with Crippen molar-refractivity contribution in [2.24, 2.45) is 0 Å². The lowest BCUT2D eigenvalue weighted by Gasteiger charge is -2.03. The van der Waals surface area contributed by atoms with Gasteiger partial charge in [0.2, 0.25) is 5.91 Å². The van der Waals surface area contributed by atoms with Crippen LogP contribution in [0.1, 0.15) is 5.89 Å². The molecular formula is C17H13N3O2S2. The number of anilines is 1. The number of para-hydroxylation sites is 1. The number of nitrogens with one attached hydrogen (secondary N) is 1. The van der Waals surface area contributed by atoms with E-state index in [4.69, 9.17) is 4.42 Å². The first-order valence-corrected chi connectivity index (χ1v) is 9.13. The number of hydrogen-bond acceptors (Lipinski definition) is 6. The van der Waals surface area contributed by atoms with Gasteiger partial charge in [0.05, 0.1) is 16.0 Å². The van der Waals surface area contributed by atoms with Crippen LogP contribution >= 0.6 is 23.1 Å². The van der Waals surface area contributed by atoms with Crippen molar-refractivity contribution in [2.75, 3.05) is 11.1 Å². The van der Waals surface area contributed by atoms with E-state index < -0.39 is 0 Å². The molecule has 7 heteroatoms. The highest BCUT2D eigenvalue weighted by Gasteiger charge is 2.09. The molecule has 0 fully saturated rings. The van der Waals surface area contributed by atoms with Gasteiger partial charge in [0.25, 0.3) is 0 Å². The summed E-state index contributed by atoms with van der Waals surface area (Å²) in [5.41, 5.74) is 3.14. The van der Waals surface area contributed by atoms with Crippen LogP contribution in [0.5, 0.6) is 0 Å². The van der Waals surface area contributed by atoms with Crippen molar-refractivity contribution in [1.82, 2.24) is 9.97 Å². The molecule has 0 aliphatic carbocycles. The van der Waals surface area contributed by atoms with E-state index in [2.05, 4.69) is 15.3 Å². The molecule has 0 atom stereocenters. The quantitative estimate of drug-likeness (QED) is 0.547. The standard InChI is InChI=1S/C17H13N3O2S2/c1-10-18-13-8-11(6-7-14(13)22-10)19-16(21)9-23-17-20-12-4-2-3-5-15(12)24-17/h2-8H,9H2,1H3,(H,19,21). The second-order valence-electron chi connectivity index (χ2n) is 5.20. The molecule has 0 spiro atoms. The molecule has 5 nitrogen and oxygen atoms in total. The van der Waals surface area contributed by atoms with E-state index in [1.807, 2.05) is 42.5 Å². The van der Waals surface area contributed by atoms with Crippen LogP contribution in [0.25, 0.3) is 21.3 Å². The van der Waals surface area contributed by atoms with Crippen LogP contribution in [0.15, 0.2) is 51.2 Å². The number of thiazole rings is 1. The number of carbonyl (C=O) groups excluding carboxylic acids is 1. The van der Waals surface area contributed by atoms with E-state index in [-0.39, 0.29) is 5.91 Å². The zero-order chi connectivity index (χ0) is 16.5. The van der Waals surface area contributed by atoms with Crippen molar-refractivity contribution in [3.05, 3.63) is 48.4 Å². The first kappa shape index (κ1) is 15.2. The Morgan fingerprint density at radius 1 is 1.21 bits per heavy atom. The Labute approximate surface area is 146 Å². The van der Waals surface area contributed by atoms with Crippen molar-refractivity contribution in [3.63, 3.8) is 0 Å². The Hall–Kier alpha value is -2.38. The predicted octanol–water partition coefficient (Wildman–Crippen LogP) is 4.48. The molecule has 0 aliphatic heterocycles. The topological polar surface area (TPSA) is 68.0 Å². The normalized spacial score (nSPS) is 11.2. The summed E-state index contributed by atoms with van der Waals surface area (Å²) in [5, 5.41) is 2.88. The van der Waals surface area contributed by atoms with Gasteiger partial charge < -0.3 is 9.73 Å². The van der Waals surface area contributed by atoms with Gasteiger partial charge in [-0.15, -0.1) is 11.3 Å². The minimum atomic E-state index is -0.0705. The number of fused-ring (bicyclic) bond motifs is 2. The average Bonchev–Trinajstić information content (AvgIpc) is 3.14. The Bertz CT molecular complexity index is 1010. The SMILES string of the molecule is Cc1nc2cc(NC(=O)CSc3nc4ccccc4s3)ccc2o1. The average molecular weight is 355 g/mol. The predicted molar refractivity (Wildman–Crippen MR) is 97.7 cm³/mol. The summed E-state index contributed by atoms with van der Waals surface area (Å²) in [6, 6.07) is 13.4. The highest BCUT2D eigenvalue weighted by atomic mass is 32.2. The molecule has 0 saturated carbocycles. The molecule has 0 saturated heterocycles. The second kappa shape index (κ2) is 6.26. The third-order valence-corrected chi connectivity index (χ3v) is 5.56. The van der Waals surface area contributed by atoms with E-state index in [0.29, 0.717) is 22.9 Å². The fourth-order valence-corrected chi connectivity index (χ4v) is 4.23. The Morgan fingerprint density at radius 3 is 2.96 bits per heavy atom. The number of thioether (sulfide) groups is 1. The maximum absolute atomic E-state index is 12.1. The molecule has 1 N–H and O–H groups in total. The summed E-state index contributed by atoms with van der Waals surface area (Å²) in [6.07, 6.45) is 0. The molecule has 0 aliphatic rings. The summed E-state index contributed by atoms with van der Waals surface area (Å²) < 4.78 is 7.46. The van der Waals surface area contributed by atoms with Gasteiger partial charge in [-0.3, -0.25) is 4.79 Å². The largest absolute Gasteiger partial charge is 0.441 e. The lowest BCUT2D eigenvalue weighted by atomic mass is 10.3. The van der Waals surface area contributed by atoms with E-state index >= 15 is 0 Å². The molecule has 0 radical (unpaired) electrons. The van der Waals surface area contributed by atoms with E-state index in [1.54, 1.807) is 18.3 Å². The van der Waals surface area contributed by atoms with Crippen molar-refractivity contribution in [1.29, 1.82) is 0 Å². The zero-order valence-corrected chi connectivity index (χ0v) is 14.4. The number of aryl methyl sites for hydroxylation is 1. The number of hydrogen-bond donors (Lipinski definition) is 1. The molecule has 0 unspecified atom stereocenters. The van der Waals surface area contributed by atoms with Crippen molar-refractivity contribution < 1.29 is 9.21 Å². The van der Waals surface area contributed by atoms with Gasteiger partial charge in [-0.1, -0.05) is 23.9 Å². The van der Waals surface area contributed by atoms with Crippen LogP contribution in [-0.2, 0) is 4.79 Å². The summed E-state index contributed by atoms with van der Waals surface area (Å²) in [6.45, 7) is 1.80. The van der Waals surface area contributed by atoms with Crippen molar-refractivity contribution in [2.45, 2.75) is 11.3 Å². The minimum absolute atomic E-state index is 0.0705. The zero-order valence-electron chi connectivity index (χ0n) is 12.8. The molecule has 2 aromatic carbocycles. The first-order chi connectivity index (χ1) is 11.7. The molecule has 1 amide bonds. The number of benzene rings is 2. The third kappa shape index (κ3) is 3.13. The lowest BCUT2D eigenvalue weighted by Crippen LogP contribution is -2.13. The summed E-state index contributed by atoms with van der Waals surface area (Å²) in [4.78, 5) is 20.9. The van der Waals surface area contributed by atoms with Crippen LogP contribution < -0.4 is 5.32 Å². The Kier molecular flexibility index (Phi) is 3.95. The van der Waals surface area contributed by atoms with E-state index in [0.717, 1.165) is 20.1 Å². The lowest BCUT2D eigenvalue weighted by molar-refractivity contribution is -0.113. The van der Waals surface area contributed by atoms with Crippen LogP contribution in [0, 0.1) is 6.92 Å². The molecule has 4 rings (SSSR count). The van der Waals surface area contributed by atoms with Crippen LogP contribution in [0.2, 0.25) is 0 Å². The fraction of sp³-hybridized carbons (Fsp3) is 0.118. The molecule has 4 aromatic rings. The number of oxazole rings is 1. The second-order valence-corrected chi connectivity index (χ2v) is 7.45. The van der Waals surface area contributed by atoms with Crippen LogP contribution in [0.3, 0.4) is 0 Å². The monoisotopic (exact) mass is 355 g/mol. The van der Waals surface area contributed by atoms with E-state index in [9.17, 15) is 4.79 Å². The molecule has 120 valence electrons. The molecule has 2 heterocycles. The van der Waals surface area contributed by atoms with Crippen molar-refractivity contribution in [3.8, 4) is 0 Å². The van der Waals surface area contributed by atoms with Crippen LogP contribution in [0.4, 0.5) is 5.69 Å². The van der Waals surface area contributed by atoms with Gasteiger partial charge in [0, 0.05) is 12.6 Å². The smallest absolute Gasteiger partial charge is 0.234 e. The van der Waals surface area contributed by atoms with Crippen molar-refractivity contribution >= 4 is 56.0 Å². The van der Waals surface area contributed by atoms with Gasteiger partial charge in [-0.05, 0) is 30.3 Å². The third-order valence-electron chi connectivity index (χ3n) is 3.38. The maximum atomic E-state index is 12.1. The Morgan fingerprint density at radius 2 is 2.08 bits per heavy atom. The molecular weight excluding hydrogens is 342 g/mol. The maximum Gasteiger partial charge on any atom is 0.234 e.